The Morgan fingerprint density at radius 3 is 2.91 bits per heavy atom. The van der Waals surface area contributed by atoms with Crippen molar-refractivity contribution >= 4 is 33.4 Å². The first kappa shape index (κ1) is 17.3. The van der Waals surface area contributed by atoms with E-state index in [9.17, 15) is 13.2 Å². The molecule has 0 bridgehead atoms. The standard InChI is InChI=1S/C14H20N2O4S2/c1-11(17)16-7-9-21-14-5-4-12(10-13(14)16)22(18,19)15-6-3-8-20-2/h4-5,10,15H,3,6-9H2,1-2H3. The second kappa shape index (κ2) is 7.45. The summed E-state index contributed by atoms with van der Waals surface area (Å²) in [5.41, 5.74) is 0.670. The number of methoxy groups -OCH3 is 1. The first-order chi connectivity index (χ1) is 10.5. The number of fused-ring (bicyclic) bond motifs is 1. The Bertz CT molecular complexity index is 646. The number of ether oxygens (including phenoxy) is 1. The summed E-state index contributed by atoms with van der Waals surface area (Å²) in [5.74, 6) is 0.734. The predicted octanol–water partition coefficient (Wildman–Crippen LogP) is 1.46. The molecule has 1 aromatic rings. The van der Waals surface area contributed by atoms with Gasteiger partial charge in [-0.3, -0.25) is 4.79 Å². The van der Waals surface area contributed by atoms with Gasteiger partial charge >= 0.3 is 0 Å². The SMILES string of the molecule is COCCCNS(=O)(=O)c1ccc2c(c1)N(C(C)=O)CCS2. The molecule has 1 amide bonds. The minimum absolute atomic E-state index is 0.0795. The van der Waals surface area contributed by atoms with E-state index in [1.807, 2.05) is 0 Å². The molecule has 0 unspecified atom stereocenters. The smallest absolute Gasteiger partial charge is 0.240 e. The molecule has 0 saturated carbocycles. The molecule has 1 aromatic carbocycles. The highest BCUT2D eigenvalue weighted by molar-refractivity contribution is 7.99. The highest BCUT2D eigenvalue weighted by Gasteiger charge is 2.23. The van der Waals surface area contributed by atoms with Crippen LogP contribution < -0.4 is 9.62 Å². The number of thioether (sulfide) groups is 1. The van der Waals surface area contributed by atoms with E-state index in [0.717, 1.165) is 10.6 Å². The van der Waals surface area contributed by atoms with E-state index in [4.69, 9.17) is 4.74 Å². The first-order valence-electron chi connectivity index (χ1n) is 6.99. The molecule has 8 heteroatoms. The van der Waals surface area contributed by atoms with Gasteiger partial charge in [-0.15, -0.1) is 11.8 Å². The van der Waals surface area contributed by atoms with Crippen LogP contribution >= 0.6 is 11.8 Å². The Kier molecular flexibility index (Phi) is 5.85. The Labute approximate surface area is 135 Å². The third-order valence-electron chi connectivity index (χ3n) is 3.30. The van der Waals surface area contributed by atoms with Crippen LogP contribution in [0.1, 0.15) is 13.3 Å². The molecule has 22 heavy (non-hydrogen) atoms. The van der Waals surface area contributed by atoms with Crippen molar-refractivity contribution in [3.63, 3.8) is 0 Å². The van der Waals surface area contributed by atoms with Crippen LogP contribution in [0.4, 0.5) is 5.69 Å². The normalized spacial score (nSPS) is 14.7. The van der Waals surface area contributed by atoms with Crippen LogP contribution in [0.25, 0.3) is 0 Å². The van der Waals surface area contributed by atoms with E-state index in [1.165, 1.54) is 6.92 Å². The topological polar surface area (TPSA) is 75.7 Å². The molecule has 0 aromatic heterocycles. The van der Waals surface area contributed by atoms with Crippen LogP contribution in [-0.4, -0.2) is 46.9 Å². The zero-order valence-electron chi connectivity index (χ0n) is 12.7. The zero-order valence-corrected chi connectivity index (χ0v) is 14.3. The fourth-order valence-corrected chi connectivity index (χ4v) is 4.27. The Balaban J connectivity index is 2.22. The van der Waals surface area contributed by atoms with Crippen LogP contribution in [0.15, 0.2) is 28.0 Å². The maximum Gasteiger partial charge on any atom is 0.240 e. The lowest BCUT2D eigenvalue weighted by molar-refractivity contribution is -0.116. The number of rotatable bonds is 6. The molecule has 2 rings (SSSR count). The van der Waals surface area contributed by atoms with Gasteiger partial charge in [-0.1, -0.05) is 0 Å². The molecule has 1 N–H and O–H groups in total. The van der Waals surface area contributed by atoms with Crippen LogP contribution in [-0.2, 0) is 19.6 Å². The lowest BCUT2D eigenvalue weighted by atomic mass is 10.2. The number of anilines is 1. The lowest BCUT2D eigenvalue weighted by Gasteiger charge is -2.28. The van der Waals surface area contributed by atoms with Crippen molar-refractivity contribution in [3.05, 3.63) is 18.2 Å². The molecule has 0 spiro atoms. The quantitative estimate of drug-likeness (QED) is 0.791. The third-order valence-corrected chi connectivity index (χ3v) is 5.80. The molecular weight excluding hydrogens is 324 g/mol. The monoisotopic (exact) mass is 344 g/mol. The van der Waals surface area contributed by atoms with Gasteiger partial charge in [0.05, 0.1) is 10.6 Å². The molecule has 0 saturated heterocycles. The van der Waals surface area contributed by atoms with Crippen LogP contribution in [0.2, 0.25) is 0 Å². The van der Waals surface area contributed by atoms with E-state index < -0.39 is 10.0 Å². The summed E-state index contributed by atoms with van der Waals surface area (Å²) < 4.78 is 32.0. The number of hydrogen-bond donors (Lipinski definition) is 1. The van der Waals surface area contributed by atoms with Gasteiger partial charge in [-0.2, -0.15) is 0 Å². The number of nitrogens with one attached hydrogen (secondary N) is 1. The van der Waals surface area contributed by atoms with E-state index in [0.29, 0.717) is 31.8 Å². The minimum atomic E-state index is -3.58. The maximum atomic E-state index is 12.3. The third kappa shape index (κ3) is 4.01. The molecule has 0 atom stereocenters. The number of amides is 1. The second-order valence-electron chi connectivity index (χ2n) is 4.89. The highest BCUT2D eigenvalue weighted by Crippen LogP contribution is 2.36. The Morgan fingerprint density at radius 2 is 2.23 bits per heavy atom. The zero-order chi connectivity index (χ0) is 16.2. The maximum absolute atomic E-state index is 12.3. The molecule has 122 valence electrons. The number of carbonyl (C=O) groups is 1. The van der Waals surface area contributed by atoms with Gasteiger partial charge in [-0.25, -0.2) is 13.1 Å². The Hall–Kier alpha value is -1.09. The largest absolute Gasteiger partial charge is 0.385 e. The summed E-state index contributed by atoms with van der Waals surface area (Å²) in [6.45, 7) is 2.90. The summed E-state index contributed by atoms with van der Waals surface area (Å²) in [5, 5.41) is 0. The molecular formula is C14H20N2O4S2. The highest BCUT2D eigenvalue weighted by atomic mass is 32.2. The van der Waals surface area contributed by atoms with Crippen molar-refractivity contribution in [1.82, 2.24) is 4.72 Å². The van der Waals surface area contributed by atoms with Crippen LogP contribution in [0.3, 0.4) is 0 Å². The van der Waals surface area contributed by atoms with Crippen molar-refractivity contribution in [1.29, 1.82) is 0 Å². The van der Waals surface area contributed by atoms with Gasteiger partial charge in [0.1, 0.15) is 0 Å². The number of carbonyl (C=O) groups excluding carboxylic acids is 1. The van der Waals surface area contributed by atoms with E-state index in [-0.39, 0.29) is 10.8 Å². The number of nitrogens with zero attached hydrogens (tertiary/aromatic N) is 1. The molecule has 0 fully saturated rings. The van der Waals surface area contributed by atoms with Crippen LogP contribution in [0, 0.1) is 0 Å². The second-order valence-corrected chi connectivity index (χ2v) is 7.80. The van der Waals surface area contributed by atoms with Gasteiger partial charge in [0, 0.05) is 44.4 Å². The summed E-state index contributed by atoms with van der Waals surface area (Å²) in [6.07, 6.45) is 0.607. The molecule has 1 aliphatic heterocycles. The van der Waals surface area contributed by atoms with E-state index in [1.54, 1.807) is 42.0 Å². The summed E-state index contributed by atoms with van der Waals surface area (Å²) >= 11 is 1.63. The van der Waals surface area contributed by atoms with Crippen molar-refractivity contribution in [3.8, 4) is 0 Å². The fourth-order valence-electron chi connectivity index (χ4n) is 2.20. The van der Waals surface area contributed by atoms with Gasteiger partial charge in [0.2, 0.25) is 15.9 Å². The van der Waals surface area contributed by atoms with Crippen molar-refractivity contribution in [2.24, 2.45) is 0 Å². The van der Waals surface area contributed by atoms with Gasteiger partial charge < -0.3 is 9.64 Å². The Morgan fingerprint density at radius 1 is 1.45 bits per heavy atom. The summed E-state index contributed by atoms with van der Waals surface area (Å²) in [4.78, 5) is 14.4. The molecule has 6 nitrogen and oxygen atoms in total. The minimum Gasteiger partial charge on any atom is -0.385 e. The van der Waals surface area contributed by atoms with Gasteiger partial charge in [-0.05, 0) is 24.6 Å². The first-order valence-corrected chi connectivity index (χ1v) is 9.46. The van der Waals surface area contributed by atoms with Gasteiger partial charge in [0.15, 0.2) is 0 Å². The average molecular weight is 344 g/mol. The average Bonchev–Trinajstić information content (AvgIpc) is 2.50. The molecule has 1 heterocycles. The van der Waals surface area contributed by atoms with E-state index >= 15 is 0 Å². The summed E-state index contributed by atoms with van der Waals surface area (Å²) in [7, 11) is -2.00. The van der Waals surface area contributed by atoms with Crippen molar-refractivity contribution in [2.45, 2.75) is 23.1 Å². The van der Waals surface area contributed by atoms with Gasteiger partial charge in [0.25, 0.3) is 0 Å². The fraction of sp³-hybridized carbons (Fsp3) is 0.500. The van der Waals surface area contributed by atoms with E-state index in [2.05, 4.69) is 4.72 Å². The molecule has 1 aliphatic rings. The summed E-state index contributed by atoms with van der Waals surface area (Å²) in [6, 6.07) is 4.91. The number of sulfonamides is 1. The van der Waals surface area contributed by atoms with Crippen molar-refractivity contribution < 1.29 is 17.9 Å². The predicted molar refractivity (Wildman–Crippen MR) is 86.9 cm³/mol. The molecule has 0 radical (unpaired) electrons. The lowest BCUT2D eigenvalue weighted by Crippen LogP contribution is -2.34. The number of hydrogen-bond acceptors (Lipinski definition) is 5. The van der Waals surface area contributed by atoms with Crippen molar-refractivity contribution in [2.75, 3.05) is 37.5 Å². The number of benzene rings is 1. The molecule has 0 aliphatic carbocycles. The van der Waals surface area contributed by atoms with Crippen LogP contribution in [0.5, 0.6) is 0 Å².